The molecule has 2 heterocycles. The molecule has 25 heavy (non-hydrogen) atoms. The van der Waals surface area contributed by atoms with Crippen molar-refractivity contribution in [3.05, 3.63) is 0 Å². The van der Waals surface area contributed by atoms with Crippen molar-refractivity contribution in [2.24, 2.45) is 47.3 Å². The number of hydrogen-bond donors (Lipinski definition) is 0. The topological polar surface area (TPSA) is 25.1 Å². The lowest BCUT2D eigenvalue weighted by Crippen LogP contribution is -2.52. The highest BCUT2D eigenvalue weighted by atomic mass is 16.6. The minimum absolute atomic E-state index is 0.252. The number of rotatable bonds is 0. The van der Waals surface area contributed by atoms with Crippen LogP contribution in [0.15, 0.2) is 0 Å². The maximum Gasteiger partial charge on any atom is 0.0982 e. The van der Waals surface area contributed by atoms with Gasteiger partial charge >= 0.3 is 0 Å². The van der Waals surface area contributed by atoms with E-state index >= 15 is 0 Å². The van der Waals surface area contributed by atoms with Crippen LogP contribution in [-0.2, 0) is 9.47 Å². The van der Waals surface area contributed by atoms with Crippen LogP contribution >= 0.6 is 0 Å². The van der Waals surface area contributed by atoms with E-state index in [2.05, 4.69) is 48.5 Å². The van der Waals surface area contributed by atoms with E-state index < -0.39 is 0 Å². The van der Waals surface area contributed by atoms with Crippen molar-refractivity contribution in [1.29, 1.82) is 0 Å². The highest BCUT2D eigenvalue weighted by Crippen LogP contribution is 2.70. The molecule has 8 fully saturated rings. The van der Waals surface area contributed by atoms with E-state index in [1.54, 1.807) is 0 Å². The van der Waals surface area contributed by atoms with Crippen LogP contribution in [0.3, 0.4) is 0 Å². The highest BCUT2D eigenvalue weighted by molar-refractivity contribution is 5.24. The van der Waals surface area contributed by atoms with Crippen molar-refractivity contribution in [2.45, 2.75) is 97.1 Å². The molecule has 0 aromatic carbocycles. The van der Waals surface area contributed by atoms with Crippen LogP contribution in [0.25, 0.3) is 0 Å². The minimum atomic E-state index is 0.252. The van der Waals surface area contributed by atoms with Crippen molar-refractivity contribution in [3.63, 3.8) is 0 Å². The molecule has 2 aliphatic heterocycles. The predicted molar refractivity (Wildman–Crippen MR) is 100 cm³/mol. The molecule has 6 saturated carbocycles. The third kappa shape index (κ3) is 1.89. The zero-order valence-corrected chi connectivity index (χ0v) is 17.3. The summed E-state index contributed by atoms with van der Waals surface area (Å²) in [5.74, 6) is 6.96. The predicted octanol–water partition coefficient (Wildman–Crippen LogP) is 5.30. The van der Waals surface area contributed by atoms with Crippen molar-refractivity contribution >= 4 is 0 Å². The molecule has 2 saturated heterocycles. The van der Waals surface area contributed by atoms with Gasteiger partial charge in [-0.3, -0.25) is 0 Å². The summed E-state index contributed by atoms with van der Waals surface area (Å²) in [4.78, 5) is 0. The fraction of sp³-hybridized carbons (Fsp3) is 1.00. The van der Waals surface area contributed by atoms with Gasteiger partial charge in [-0.2, -0.15) is 0 Å². The SMILES string of the molecule is CC1C(C)C2CCC1C1(C)OC21C.CC1C(C)C2CCC1C1OC21C. The summed E-state index contributed by atoms with van der Waals surface area (Å²) in [7, 11) is 0. The second-order valence-electron chi connectivity index (χ2n) is 11.1. The lowest BCUT2D eigenvalue weighted by atomic mass is 9.52. The fourth-order valence-electron chi connectivity index (χ4n) is 8.41. The van der Waals surface area contributed by atoms with Crippen molar-refractivity contribution < 1.29 is 9.47 Å². The van der Waals surface area contributed by atoms with E-state index in [0.717, 1.165) is 47.3 Å². The molecule has 6 aliphatic carbocycles. The first-order valence-electron chi connectivity index (χ1n) is 11.0. The average molecular weight is 347 g/mol. The van der Waals surface area contributed by atoms with Crippen molar-refractivity contribution in [2.75, 3.05) is 0 Å². The third-order valence-corrected chi connectivity index (χ3v) is 10.6. The van der Waals surface area contributed by atoms with Gasteiger partial charge < -0.3 is 9.47 Å². The van der Waals surface area contributed by atoms with Crippen LogP contribution in [-0.4, -0.2) is 22.9 Å². The molecule has 0 spiro atoms. The Morgan fingerprint density at radius 1 is 0.640 bits per heavy atom. The summed E-state index contributed by atoms with van der Waals surface area (Å²) in [5, 5.41) is 0. The smallest absolute Gasteiger partial charge is 0.0982 e. The lowest BCUT2D eigenvalue weighted by molar-refractivity contribution is 0.0167. The molecule has 12 atom stereocenters. The average Bonchev–Trinajstić information content (AvgIpc) is 3.41. The van der Waals surface area contributed by atoms with Gasteiger partial charge in [0.25, 0.3) is 0 Å². The monoisotopic (exact) mass is 346 g/mol. The van der Waals surface area contributed by atoms with Gasteiger partial charge in [0.1, 0.15) is 0 Å². The second-order valence-corrected chi connectivity index (χ2v) is 11.1. The summed E-state index contributed by atoms with van der Waals surface area (Å²) in [5.41, 5.74) is 0.818. The molecule has 8 rings (SSSR count). The molecule has 4 bridgehead atoms. The summed E-state index contributed by atoms with van der Waals surface area (Å²) in [6, 6.07) is 0. The third-order valence-electron chi connectivity index (χ3n) is 10.6. The quantitative estimate of drug-likeness (QED) is 0.556. The Kier molecular flexibility index (Phi) is 3.30. The number of hydrogen-bond acceptors (Lipinski definition) is 2. The van der Waals surface area contributed by atoms with Gasteiger partial charge in [0.05, 0.1) is 22.9 Å². The molecule has 0 amide bonds. The van der Waals surface area contributed by atoms with Gasteiger partial charge in [-0.1, -0.05) is 27.7 Å². The van der Waals surface area contributed by atoms with E-state index in [0.29, 0.717) is 11.7 Å². The zero-order valence-electron chi connectivity index (χ0n) is 17.3. The van der Waals surface area contributed by atoms with E-state index in [4.69, 9.17) is 9.47 Å². The van der Waals surface area contributed by atoms with Crippen molar-refractivity contribution in [1.82, 2.24) is 0 Å². The molecule has 12 unspecified atom stereocenters. The van der Waals surface area contributed by atoms with Crippen molar-refractivity contribution in [3.8, 4) is 0 Å². The second kappa shape index (κ2) is 4.85. The number of epoxide rings is 2. The first-order valence-corrected chi connectivity index (χ1v) is 11.0. The maximum atomic E-state index is 6.08. The Morgan fingerprint density at radius 3 is 1.64 bits per heavy atom. The normalized spacial score (nSPS) is 68.5. The van der Waals surface area contributed by atoms with E-state index in [1.165, 1.54) is 25.7 Å². The Labute approximate surface area is 154 Å². The highest BCUT2D eigenvalue weighted by Gasteiger charge is 2.77. The standard InChI is InChI=1S/C12H20O.C11H18O/c1-7-8(2)10-6-5-9(7)11(3)12(10,4)13-11;1-6-7(2)9-5-4-8(6)10-11(9,3)12-10/h7-10H,5-6H2,1-4H3;6-10H,4-5H2,1-3H3. The van der Waals surface area contributed by atoms with Gasteiger partial charge in [0.15, 0.2) is 0 Å². The summed E-state index contributed by atoms with van der Waals surface area (Å²) < 4.78 is 12.0. The van der Waals surface area contributed by atoms with Crippen LogP contribution in [0.1, 0.15) is 74.1 Å². The minimum Gasteiger partial charge on any atom is -0.366 e. The molecule has 0 N–H and O–H groups in total. The van der Waals surface area contributed by atoms with Gasteiger partial charge in [-0.05, 0) is 93.8 Å². The van der Waals surface area contributed by atoms with Crippen LogP contribution in [0.2, 0.25) is 0 Å². The van der Waals surface area contributed by atoms with E-state index in [1.807, 2.05) is 0 Å². The zero-order chi connectivity index (χ0) is 17.9. The first kappa shape index (κ1) is 17.0. The van der Waals surface area contributed by atoms with Crippen LogP contribution in [0.4, 0.5) is 0 Å². The van der Waals surface area contributed by atoms with Gasteiger partial charge in [-0.25, -0.2) is 0 Å². The summed E-state index contributed by atoms with van der Waals surface area (Å²) in [6.07, 6.45) is 6.30. The Morgan fingerprint density at radius 2 is 1.12 bits per heavy atom. The molecule has 2 nitrogen and oxygen atoms in total. The fourth-order valence-corrected chi connectivity index (χ4v) is 8.41. The molecule has 142 valence electrons. The Balaban J connectivity index is 0.000000112. The van der Waals surface area contributed by atoms with Crippen LogP contribution < -0.4 is 0 Å². The first-order chi connectivity index (χ1) is 11.6. The Hall–Kier alpha value is -0.0800. The molecule has 0 aromatic heterocycles. The molecular weight excluding hydrogens is 308 g/mol. The Bertz CT molecular complexity index is 561. The molecule has 2 heteroatoms. The van der Waals surface area contributed by atoms with E-state index in [9.17, 15) is 0 Å². The largest absolute Gasteiger partial charge is 0.366 e. The van der Waals surface area contributed by atoms with Crippen LogP contribution in [0.5, 0.6) is 0 Å². The van der Waals surface area contributed by atoms with Gasteiger partial charge in [0, 0.05) is 0 Å². The lowest BCUT2D eigenvalue weighted by Gasteiger charge is -2.49. The van der Waals surface area contributed by atoms with Gasteiger partial charge in [0.2, 0.25) is 0 Å². The molecule has 0 radical (unpaired) electrons. The maximum absolute atomic E-state index is 6.08. The van der Waals surface area contributed by atoms with E-state index in [-0.39, 0.29) is 11.2 Å². The van der Waals surface area contributed by atoms with Gasteiger partial charge in [-0.15, -0.1) is 0 Å². The molecule has 8 aliphatic rings. The molecule has 0 aromatic rings. The van der Waals surface area contributed by atoms with Crippen LogP contribution in [0, 0.1) is 47.3 Å². The number of fused-ring (bicyclic) bond motifs is 4. The summed E-state index contributed by atoms with van der Waals surface area (Å²) >= 11 is 0. The molecular formula is C23H38O2. The number of ether oxygens (including phenoxy) is 2. The summed E-state index contributed by atoms with van der Waals surface area (Å²) in [6.45, 7) is 16.7.